The number of nitrogens with one attached hydrogen (secondary N) is 1. The van der Waals surface area contributed by atoms with Crippen LogP contribution in [0.2, 0.25) is 0 Å². The zero-order valence-electron chi connectivity index (χ0n) is 10.9. The average Bonchev–Trinajstić information content (AvgIpc) is 2.22. The zero-order valence-corrected chi connectivity index (χ0v) is 11.8. The van der Waals surface area contributed by atoms with Crippen LogP contribution < -0.4 is 5.32 Å². The Bertz CT molecular complexity index is 478. The van der Waals surface area contributed by atoms with Crippen LogP contribution in [0.5, 0.6) is 0 Å². The first-order valence-electron chi connectivity index (χ1n) is 5.85. The summed E-state index contributed by atoms with van der Waals surface area (Å²) < 4.78 is 23.3. The third-order valence-electron chi connectivity index (χ3n) is 2.81. The Balaban J connectivity index is 2.60. The van der Waals surface area contributed by atoms with Crippen LogP contribution in [0.25, 0.3) is 0 Å². The molecule has 0 aliphatic rings. The van der Waals surface area contributed by atoms with E-state index in [0.717, 1.165) is 11.3 Å². The highest BCUT2D eigenvalue weighted by molar-refractivity contribution is 7.92. The standard InChI is InChI=1S/C13H21NO2S/c1-10(2)17(15,16)8-7-14-13-9-11(3)5-6-12(13)4/h5-6,9-10,14H,7-8H2,1-4H3. The van der Waals surface area contributed by atoms with Gasteiger partial charge in [0.1, 0.15) is 0 Å². The van der Waals surface area contributed by atoms with Crippen molar-refractivity contribution in [2.75, 3.05) is 17.6 Å². The van der Waals surface area contributed by atoms with Crippen molar-refractivity contribution in [1.29, 1.82) is 0 Å². The minimum absolute atomic E-state index is 0.179. The summed E-state index contributed by atoms with van der Waals surface area (Å²) in [7, 11) is -2.95. The summed E-state index contributed by atoms with van der Waals surface area (Å²) in [4.78, 5) is 0. The van der Waals surface area contributed by atoms with Crippen LogP contribution in [-0.4, -0.2) is 26.0 Å². The molecule has 0 bridgehead atoms. The van der Waals surface area contributed by atoms with Crippen molar-refractivity contribution in [3.63, 3.8) is 0 Å². The van der Waals surface area contributed by atoms with E-state index in [1.807, 2.05) is 32.0 Å². The Labute approximate surface area is 104 Å². The van der Waals surface area contributed by atoms with Gasteiger partial charge in [-0.3, -0.25) is 0 Å². The van der Waals surface area contributed by atoms with E-state index in [9.17, 15) is 8.42 Å². The molecule has 1 aromatic carbocycles. The van der Waals surface area contributed by atoms with Gasteiger partial charge in [-0.1, -0.05) is 12.1 Å². The predicted octanol–water partition coefficient (Wildman–Crippen LogP) is 2.54. The molecule has 0 saturated heterocycles. The van der Waals surface area contributed by atoms with Crippen LogP contribution in [0.4, 0.5) is 5.69 Å². The SMILES string of the molecule is Cc1ccc(C)c(NCCS(=O)(=O)C(C)C)c1. The second-order valence-corrected chi connectivity index (χ2v) is 7.34. The van der Waals surface area contributed by atoms with E-state index in [1.165, 1.54) is 5.56 Å². The lowest BCUT2D eigenvalue weighted by molar-refractivity contribution is 0.588. The van der Waals surface area contributed by atoms with Crippen molar-refractivity contribution in [1.82, 2.24) is 0 Å². The van der Waals surface area contributed by atoms with Crippen molar-refractivity contribution in [3.8, 4) is 0 Å². The van der Waals surface area contributed by atoms with Crippen molar-refractivity contribution in [3.05, 3.63) is 29.3 Å². The van der Waals surface area contributed by atoms with Crippen LogP contribution in [0.15, 0.2) is 18.2 Å². The quantitative estimate of drug-likeness (QED) is 0.879. The van der Waals surface area contributed by atoms with Crippen molar-refractivity contribution in [2.45, 2.75) is 32.9 Å². The smallest absolute Gasteiger partial charge is 0.154 e. The third-order valence-corrected chi connectivity index (χ3v) is 5.02. The fourth-order valence-electron chi connectivity index (χ4n) is 1.49. The van der Waals surface area contributed by atoms with E-state index < -0.39 is 9.84 Å². The van der Waals surface area contributed by atoms with Crippen LogP contribution in [0, 0.1) is 13.8 Å². The van der Waals surface area contributed by atoms with Crippen LogP contribution in [0.1, 0.15) is 25.0 Å². The van der Waals surface area contributed by atoms with Crippen LogP contribution in [0.3, 0.4) is 0 Å². The fraction of sp³-hybridized carbons (Fsp3) is 0.538. The second-order valence-electron chi connectivity index (χ2n) is 4.66. The lowest BCUT2D eigenvalue weighted by Crippen LogP contribution is -2.23. The first-order valence-corrected chi connectivity index (χ1v) is 7.57. The first kappa shape index (κ1) is 14.0. The molecule has 0 atom stereocenters. The Morgan fingerprint density at radius 2 is 1.88 bits per heavy atom. The van der Waals surface area contributed by atoms with Gasteiger partial charge in [0.2, 0.25) is 0 Å². The molecule has 0 saturated carbocycles. The van der Waals surface area contributed by atoms with Gasteiger partial charge in [-0.05, 0) is 44.9 Å². The molecule has 0 heterocycles. The number of rotatable bonds is 5. The maximum atomic E-state index is 11.6. The van der Waals surface area contributed by atoms with Crippen molar-refractivity contribution < 1.29 is 8.42 Å². The summed E-state index contributed by atoms with van der Waals surface area (Å²) in [5.41, 5.74) is 3.33. The first-order chi connectivity index (χ1) is 7.83. The van der Waals surface area contributed by atoms with Gasteiger partial charge in [-0.2, -0.15) is 0 Å². The zero-order chi connectivity index (χ0) is 13.1. The van der Waals surface area contributed by atoms with Gasteiger partial charge in [0.15, 0.2) is 9.84 Å². The third kappa shape index (κ3) is 4.04. The summed E-state index contributed by atoms with van der Waals surface area (Å²) in [6.07, 6.45) is 0. The van der Waals surface area contributed by atoms with Gasteiger partial charge in [0, 0.05) is 12.2 Å². The predicted molar refractivity (Wildman–Crippen MR) is 73.3 cm³/mol. The normalized spacial score (nSPS) is 11.8. The maximum absolute atomic E-state index is 11.6. The second kappa shape index (κ2) is 5.54. The number of hydrogen-bond acceptors (Lipinski definition) is 3. The lowest BCUT2D eigenvalue weighted by atomic mass is 10.1. The Kier molecular flexibility index (Phi) is 4.57. The molecule has 96 valence electrons. The number of sulfone groups is 1. The summed E-state index contributed by atoms with van der Waals surface area (Å²) in [5, 5.41) is 2.88. The molecule has 3 nitrogen and oxygen atoms in total. The highest BCUT2D eigenvalue weighted by Crippen LogP contribution is 2.16. The molecular formula is C13H21NO2S. The van der Waals surface area contributed by atoms with Gasteiger partial charge in [-0.15, -0.1) is 0 Å². The molecule has 0 fully saturated rings. The summed E-state index contributed by atoms with van der Waals surface area (Å²) in [6.45, 7) is 7.93. The molecule has 1 aromatic rings. The van der Waals surface area contributed by atoms with E-state index in [2.05, 4.69) is 5.32 Å². The van der Waals surface area contributed by atoms with Crippen LogP contribution >= 0.6 is 0 Å². The molecule has 17 heavy (non-hydrogen) atoms. The fourth-order valence-corrected chi connectivity index (χ4v) is 2.35. The summed E-state index contributed by atoms with van der Waals surface area (Å²) in [5.74, 6) is 0.179. The topological polar surface area (TPSA) is 46.2 Å². The summed E-state index contributed by atoms with van der Waals surface area (Å²) in [6, 6.07) is 6.12. The molecule has 0 aliphatic heterocycles. The van der Waals surface area contributed by atoms with E-state index in [-0.39, 0.29) is 11.0 Å². The molecule has 0 amide bonds. The van der Waals surface area contributed by atoms with Gasteiger partial charge < -0.3 is 5.32 Å². The molecule has 0 unspecified atom stereocenters. The highest BCUT2D eigenvalue weighted by Gasteiger charge is 2.15. The molecule has 4 heteroatoms. The average molecular weight is 255 g/mol. The number of hydrogen-bond donors (Lipinski definition) is 1. The van der Waals surface area contributed by atoms with Gasteiger partial charge in [-0.25, -0.2) is 8.42 Å². The van der Waals surface area contributed by atoms with Crippen molar-refractivity contribution in [2.24, 2.45) is 0 Å². The van der Waals surface area contributed by atoms with E-state index in [0.29, 0.717) is 6.54 Å². The number of benzene rings is 1. The monoisotopic (exact) mass is 255 g/mol. The van der Waals surface area contributed by atoms with Gasteiger partial charge in [0.25, 0.3) is 0 Å². The van der Waals surface area contributed by atoms with Gasteiger partial charge >= 0.3 is 0 Å². The Hall–Kier alpha value is -1.03. The van der Waals surface area contributed by atoms with E-state index >= 15 is 0 Å². The number of aryl methyl sites for hydroxylation is 2. The molecule has 1 N–H and O–H groups in total. The molecule has 0 spiro atoms. The Morgan fingerprint density at radius 3 is 2.47 bits per heavy atom. The number of anilines is 1. The minimum atomic E-state index is -2.95. The van der Waals surface area contributed by atoms with Crippen LogP contribution in [-0.2, 0) is 9.84 Å². The minimum Gasteiger partial charge on any atom is -0.384 e. The molecular weight excluding hydrogens is 234 g/mol. The maximum Gasteiger partial charge on any atom is 0.154 e. The van der Waals surface area contributed by atoms with E-state index in [4.69, 9.17) is 0 Å². The molecule has 0 radical (unpaired) electrons. The molecule has 0 aromatic heterocycles. The Morgan fingerprint density at radius 1 is 1.24 bits per heavy atom. The summed E-state index contributed by atoms with van der Waals surface area (Å²) >= 11 is 0. The largest absolute Gasteiger partial charge is 0.384 e. The molecule has 1 rings (SSSR count). The molecule has 0 aliphatic carbocycles. The lowest BCUT2D eigenvalue weighted by Gasteiger charge is -2.12. The van der Waals surface area contributed by atoms with Crippen molar-refractivity contribution >= 4 is 15.5 Å². The van der Waals surface area contributed by atoms with Gasteiger partial charge in [0.05, 0.1) is 11.0 Å². The highest BCUT2D eigenvalue weighted by atomic mass is 32.2. The van der Waals surface area contributed by atoms with E-state index in [1.54, 1.807) is 13.8 Å².